The first-order valence-electron chi connectivity index (χ1n) is 13.4. The van der Waals surface area contributed by atoms with E-state index in [-0.39, 0.29) is 0 Å². The lowest BCUT2D eigenvalue weighted by atomic mass is 10.0. The Bertz CT molecular complexity index is 1570. The Hall–Kier alpha value is -4.85. The van der Waals surface area contributed by atoms with Gasteiger partial charge in [0.1, 0.15) is 5.75 Å². The van der Waals surface area contributed by atoms with E-state index in [0.717, 1.165) is 60.5 Å². The van der Waals surface area contributed by atoms with Gasteiger partial charge in [-0.15, -0.1) is 0 Å². The third kappa shape index (κ3) is 6.96. The van der Waals surface area contributed by atoms with Crippen LogP contribution in [0.2, 0.25) is 0 Å². The van der Waals surface area contributed by atoms with E-state index in [1.54, 1.807) is 12.3 Å². The van der Waals surface area contributed by atoms with Gasteiger partial charge in [-0.3, -0.25) is 4.90 Å². The van der Waals surface area contributed by atoms with E-state index in [0.29, 0.717) is 29.1 Å². The lowest BCUT2D eigenvalue weighted by Crippen LogP contribution is -2.38. The highest BCUT2D eigenvalue weighted by atomic mass is 16.5. The molecule has 0 saturated carbocycles. The van der Waals surface area contributed by atoms with Crippen LogP contribution in [0, 0.1) is 37.0 Å². The third-order valence-electron chi connectivity index (χ3n) is 6.94. The monoisotopic (exact) mass is 528 g/mol. The number of aromatic nitrogens is 2. The molecule has 0 spiro atoms. The first-order valence-corrected chi connectivity index (χ1v) is 13.4. The molecule has 0 amide bonds. The minimum atomic E-state index is 0.300. The molecule has 7 nitrogen and oxygen atoms in total. The second kappa shape index (κ2) is 12.3. The van der Waals surface area contributed by atoms with E-state index in [1.807, 2.05) is 74.5 Å². The number of piperidine rings is 1. The Morgan fingerprint density at radius 1 is 0.950 bits per heavy atom. The second-order valence-electron chi connectivity index (χ2n) is 10.1. The zero-order valence-electron chi connectivity index (χ0n) is 22.8. The van der Waals surface area contributed by atoms with E-state index in [1.165, 1.54) is 5.56 Å². The van der Waals surface area contributed by atoms with Crippen molar-refractivity contribution in [2.24, 2.45) is 0 Å². The van der Waals surface area contributed by atoms with E-state index in [4.69, 9.17) is 15.7 Å². The molecule has 0 unspecified atom stereocenters. The zero-order valence-corrected chi connectivity index (χ0v) is 22.8. The Labute approximate surface area is 235 Å². The molecule has 0 bridgehead atoms. The summed E-state index contributed by atoms with van der Waals surface area (Å²) < 4.78 is 6.22. The smallest absolute Gasteiger partial charge is 0.226 e. The van der Waals surface area contributed by atoms with E-state index >= 15 is 0 Å². The lowest BCUT2D eigenvalue weighted by Gasteiger charge is -2.32. The number of likely N-dealkylation sites (tertiary alicyclic amines) is 1. The molecule has 3 N–H and O–H groups in total. The fourth-order valence-corrected chi connectivity index (χ4v) is 4.88. The van der Waals surface area contributed by atoms with E-state index in [9.17, 15) is 0 Å². The number of hydrogen-bond donors (Lipinski definition) is 2. The second-order valence-corrected chi connectivity index (χ2v) is 10.1. The molecule has 7 heteroatoms. The highest BCUT2D eigenvalue weighted by Crippen LogP contribution is 2.29. The van der Waals surface area contributed by atoms with Crippen molar-refractivity contribution in [2.45, 2.75) is 39.3 Å². The summed E-state index contributed by atoms with van der Waals surface area (Å²) in [5, 5.41) is 12.5. The quantitative estimate of drug-likeness (QED) is 0.240. The van der Waals surface area contributed by atoms with Gasteiger partial charge < -0.3 is 15.8 Å². The van der Waals surface area contributed by atoms with Gasteiger partial charge in [0, 0.05) is 54.8 Å². The van der Waals surface area contributed by atoms with Crippen molar-refractivity contribution in [3.63, 3.8) is 0 Å². The Balaban J connectivity index is 1.18. The van der Waals surface area contributed by atoms with Crippen molar-refractivity contribution >= 4 is 11.6 Å². The molecule has 0 aliphatic carbocycles. The maximum atomic E-state index is 8.99. The van der Waals surface area contributed by atoms with Gasteiger partial charge in [0.15, 0.2) is 0 Å². The number of benzene rings is 3. The van der Waals surface area contributed by atoms with E-state index in [2.05, 4.69) is 38.1 Å². The highest BCUT2D eigenvalue weighted by Gasteiger charge is 2.20. The number of nitrogens with one attached hydrogen (secondary N) is 1. The summed E-state index contributed by atoms with van der Waals surface area (Å²) in [6.07, 6.45) is 3.72. The van der Waals surface area contributed by atoms with Gasteiger partial charge in [0.2, 0.25) is 11.8 Å². The average Bonchev–Trinajstić information content (AvgIpc) is 2.96. The zero-order chi connectivity index (χ0) is 27.9. The number of nitrogens with zero attached hydrogens (tertiary/aromatic N) is 4. The van der Waals surface area contributed by atoms with Crippen molar-refractivity contribution in [3.8, 4) is 29.5 Å². The predicted octanol–water partition coefficient (Wildman–Crippen LogP) is 5.82. The normalized spacial score (nSPS) is 13.6. The third-order valence-corrected chi connectivity index (χ3v) is 6.94. The van der Waals surface area contributed by atoms with Gasteiger partial charge in [0.25, 0.3) is 0 Å². The molecule has 3 aromatic carbocycles. The summed E-state index contributed by atoms with van der Waals surface area (Å²) in [6, 6.07) is 23.7. The minimum absolute atomic E-state index is 0.300. The first-order chi connectivity index (χ1) is 19.4. The molecule has 2 heterocycles. The number of nitrogen functional groups attached to an aromatic ring is 1. The molecule has 4 aromatic rings. The number of aryl methyl sites for hydroxylation is 2. The molecule has 1 saturated heterocycles. The van der Waals surface area contributed by atoms with Crippen LogP contribution in [0.5, 0.6) is 11.6 Å². The summed E-state index contributed by atoms with van der Waals surface area (Å²) in [5.74, 6) is 8.25. The summed E-state index contributed by atoms with van der Waals surface area (Å²) in [6.45, 7) is 6.89. The average molecular weight is 529 g/mol. The number of anilines is 2. The van der Waals surface area contributed by atoms with Gasteiger partial charge in [-0.25, -0.2) is 4.98 Å². The van der Waals surface area contributed by atoms with Gasteiger partial charge >= 0.3 is 0 Å². The number of ether oxygens (including phenoxy) is 1. The van der Waals surface area contributed by atoms with Gasteiger partial charge in [0.05, 0.1) is 11.6 Å². The SMILES string of the molecule is Cc1cc(C#Cc2cccc(N)c2)cc(C)c1Oc1ccnc(NC2CCN(Cc3ccc(C#N)cc3)CC2)n1. The minimum Gasteiger partial charge on any atom is -0.438 e. The summed E-state index contributed by atoms with van der Waals surface area (Å²) in [5.41, 5.74) is 12.3. The lowest BCUT2D eigenvalue weighted by molar-refractivity contribution is 0.211. The van der Waals surface area contributed by atoms with Crippen molar-refractivity contribution in [2.75, 3.05) is 24.1 Å². The van der Waals surface area contributed by atoms with Crippen LogP contribution >= 0.6 is 0 Å². The molecule has 1 fully saturated rings. The maximum Gasteiger partial charge on any atom is 0.226 e. The molecule has 40 heavy (non-hydrogen) atoms. The van der Waals surface area contributed by atoms with Crippen molar-refractivity contribution < 1.29 is 4.74 Å². The van der Waals surface area contributed by atoms with Gasteiger partial charge in [-0.05, 0) is 85.8 Å². The van der Waals surface area contributed by atoms with Crippen molar-refractivity contribution in [1.29, 1.82) is 5.26 Å². The molecule has 200 valence electrons. The molecule has 1 aliphatic rings. The summed E-state index contributed by atoms with van der Waals surface area (Å²) in [7, 11) is 0. The predicted molar refractivity (Wildman–Crippen MR) is 158 cm³/mol. The number of rotatable bonds is 6. The number of nitrogens with two attached hydrogens (primary N) is 1. The topological polar surface area (TPSA) is 100 Å². The maximum absolute atomic E-state index is 8.99. The molecule has 0 atom stereocenters. The van der Waals surface area contributed by atoms with Crippen molar-refractivity contribution in [1.82, 2.24) is 14.9 Å². The van der Waals surface area contributed by atoms with Crippen LogP contribution in [0.4, 0.5) is 11.6 Å². The molecular formula is C33H32N6O. The summed E-state index contributed by atoms with van der Waals surface area (Å²) in [4.78, 5) is 11.5. The highest BCUT2D eigenvalue weighted by molar-refractivity contribution is 5.53. The fourth-order valence-electron chi connectivity index (χ4n) is 4.88. The molecule has 0 radical (unpaired) electrons. The van der Waals surface area contributed by atoms with Gasteiger partial charge in [-0.1, -0.05) is 30.0 Å². The first kappa shape index (κ1) is 26.7. The number of hydrogen-bond acceptors (Lipinski definition) is 7. The van der Waals surface area contributed by atoms with Crippen LogP contribution in [-0.2, 0) is 6.54 Å². The molecular weight excluding hydrogens is 496 g/mol. The van der Waals surface area contributed by atoms with Gasteiger partial charge in [-0.2, -0.15) is 10.2 Å². The van der Waals surface area contributed by atoms with Crippen LogP contribution in [0.15, 0.2) is 72.9 Å². The largest absolute Gasteiger partial charge is 0.438 e. The van der Waals surface area contributed by atoms with Crippen LogP contribution in [0.25, 0.3) is 0 Å². The Kier molecular flexibility index (Phi) is 8.25. The van der Waals surface area contributed by atoms with Crippen LogP contribution < -0.4 is 15.8 Å². The molecule has 5 rings (SSSR count). The number of nitriles is 1. The fraction of sp³-hybridized carbons (Fsp3) is 0.242. The standard InChI is InChI=1S/C33H32N6O/c1-23-18-28(11-6-25-4-3-5-29(35)20-25)19-24(2)32(23)40-31-12-15-36-33(38-31)37-30-13-16-39(17-14-30)22-27-9-7-26(21-34)8-10-27/h3-5,7-10,12,15,18-20,30H,13-14,16-17,22,35H2,1-2H3,(H,36,37,38). The Morgan fingerprint density at radius 2 is 1.68 bits per heavy atom. The summed E-state index contributed by atoms with van der Waals surface area (Å²) >= 11 is 0. The van der Waals surface area contributed by atoms with Crippen LogP contribution in [0.1, 0.15) is 46.2 Å². The van der Waals surface area contributed by atoms with Crippen molar-refractivity contribution in [3.05, 3.63) is 106 Å². The van der Waals surface area contributed by atoms with Crippen LogP contribution in [0.3, 0.4) is 0 Å². The molecule has 1 aliphatic heterocycles. The van der Waals surface area contributed by atoms with E-state index < -0.39 is 0 Å². The molecule has 1 aromatic heterocycles. The van der Waals surface area contributed by atoms with Crippen LogP contribution in [-0.4, -0.2) is 34.0 Å². The Morgan fingerprint density at radius 3 is 2.38 bits per heavy atom.